The largest absolute Gasteiger partial charge is 0.445 e. The third-order valence-corrected chi connectivity index (χ3v) is 2.20. The van der Waals surface area contributed by atoms with Crippen LogP contribution in [-0.2, 0) is 12.1 Å². The molecule has 62 valence electrons. The van der Waals surface area contributed by atoms with Crippen molar-refractivity contribution in [1.29, 1.82) is 0 Å². The van der Waals surface area contributed by atoms with Crippen LogP contribution in [0.25, 0.3) is 0 Å². The predicted molar refractivity (Wildman–Crippen MR) is 34.5 cm³/mol. The van der Waals surface area contributed by atoms with Gasteiger partial charge in [-0.25, -0.2) is 0 Å². The van der Waals surface area contributed by atoms with Crippen LogP contribution in [0.1, 0.15) is 10.0 Å². The van der Waals surface area contributed by atoms with E-state index in [0.717, 1.165) is 0 Å². The standard InChI is InChI=1S/C4H2ClF3N2S/c5-1-2-9-10-3(11-2)4(6,7)8/h1H2. The Morgan fingerprint density at radius 3 is 2.27 bits per heavy atom. The van der Waals surface area contributed by atoms with Gasteiger partial charge < -0.3 is 0 Å². The predicted octanol–water partition coefficient (Wildman–Crippen LogP) is 2.30. The van der Waals surface area contributed by atoms with Crippen LogP contribution < -0.4 is 0 Å². The van der Waals surface area contributed by atoms with Crippen molar-refractivity contribution in [2.75, 3.05) is 0 Å². The van der Waals surface area contributed by atoms with Crippen molar-refractivity contribution in [3.05, 3.63) is 10.0 Å². The SMILES string of the molecule is FC(F)(F)c1nnc(CCl)s1. The van der Waals surface area contributed by atoms with Crippen LogP contribution in [0, 0.1) is 0 Å². The molecule has 0 aliphatic rings. The number of halogens is 4. The number of aromatic nitrogens is 2. The Hall–Kier alpha value is -0.360. The van der Waals surface area contributed by atoms with Gasteiger partial charge in [-0.1, -0.05) is 11.3 Å². The zero-order chi connectivity index (χ0) is 8.48. The molecule has 1 aromatic rings. The van der Waals surface area contributed by atoms with Gasteiger partial charge in [0.05, 0.1) is 5.88 Å². The van der Waals surface area contributed by atoms with E-state index in [9.17, 15) is 13.2 Å². The normalized spacial score (nSPS) is 12.0. The first kappa shape index (κ1) is 8.73. The lowest BCUT2D eigenvalue weighted by Gasteiger charge is -1.96. The summed E-state index contributed by atoms with van der Waals surface area (Å²) in [5, 5.41) is 5.36. The molecule has 0 amide bonds. The molecule has 0 aromatic carbocycles. The summed E-state index contributed by atoms with van der Waals surface area (Å²) in [6, 6.07) is 0. The van der Waals surface area contributed by atoms with Gasteiger partial charge in [-0.3, -0.25) is 0 Å². The van der Waals surface area contributed by atoms with E-state index in [1.165, 1.54) is 0 Å². The maximum Gasteiger partial charge on any atom is 0.445 e. The summed E-state index contributed by atoms with van der Waals surface area (Å²) in [5.74, 6) is -0.0340. The molecule has 1 heterocycles. The molecule has 2 nitrogen and oxygen atoms in total. The molecule has 11 heavy (non-hydrogen) atoms. The lowest BCUT2D eigenvalue weighted by atomic mass is 10.7. The highest BCUT2D eigenvalue weighted by Gasteiger charge is 2.35. The van der Waals surface area contributed by atoms with Gasteiger partial charge in [-0.2, -0.15) is 13.2 Å². The summed E-state index contributed by atoms with van der Waals surface area (Å²) in [7, 11) is 0. The average Bonchev–Trinajstić information content (AvgIpc) is 2.32. The molecule has 1 rings (SSSR count). The topological polar surface area (TPSA) is 25.8 Å². The molecular formula is C4H2ClF3N2S. The van der Waals surface area contributed by atoms with E-state index in [1.54, 1.807) is 0 Å². The highest BCUT2D eigenvalue weighted by Crippen LogP contribution is 2.31. The second kappa shape index (κ2) is 2.94. The summed E-state index contributed by atoms with van der Waals surface area (Å²) in [6.07, 6.45) is -4.40. The molecule has 0 saturated carbocycles. The van der Waals surface area contributed by atoms with Gasteiger partial charge in [-0.15, -0.1) is 21.8 Å². The molecular weight excluding hydrogens is 201 g/mol. The fourth-order valence-electron chi connectivity index (χ4n) is 0.422. The molecule has 0 aliphatic carbocycles. The van der Waals surface area contributed by atoms with Crippen molar-refractivity contribution >= 4 is 22.9 Å². The lowest BCUT2D eigenvalue weighted by molar-refractivity contribution is -0.138. The van der Waals surface area contributed by atoms with E-state index in [2.05, 4.69) is 10.2 Å². The van der Waals surface area contributed by atoms with E-state index in [0.29, 0.717) is 11.3 Å². The van der Waals surface area contributed by atoms with E-state index in [-0.39, 0.29) is 10.9 Å². The molecule has 0 saturated heterocycles. The van der Waals surface area contributed by atoms with Crippen molar-refractivity contribution in [3.63, 3.8) is 0 Å². The number of hydrogen-bond donors (Lipinski definition) is 0. The van der Waals surface area contributed by atoms with Crippen LogP contribution in [0.5, 0.6) is 0 Å². The summed E-state index contributed by atoms with van der Waals surface area (Å²) < 4.78 is 35.4. The van der Waals surface area contributed by atoms with E-state index >= 15 is 0 Å². The first-order valence-corrected chi connectivity index (χ1v) is 3.84. The molecule has 0 unspecified atom stereocenters. The van der Waals surface area contributed by atoms with Crippen LogP contribution in [0.4, 0.5) is 13.2 Å². The number of nitrogens with zero attached hydrogens (tertiary/aromatic N) is 2. The van der Waals surface area contributed by atoms with Gasteiger partial charge in [0.25, 0.3) is 0 Å². The molecule has 0 spiro atoms. The Bertz CT molecular complexity index is 246. The number of hydrogen-bond acceptors (Lipinski definition) is 3. The highest BCUT2D eigenvalue weighted by molar-refractivity contribution is 7.11. The second-order valence-corrected chi connectivity index (χ2v) is 2.96. The molecule has 0 radical (unpaired) electrons. The fourth-order valence-corrected chi connectivity index (χ4v) is 1.20. The molecule has 0 N–H and O–H groups in total. The minimum atomic E-state index is -4.40. The fraction of sp³-hybridized carbons (Fsp3) is 0.500. The third-order valence-electron chi connectivity index (χ3n) is 0.824. The molecule has 1 aromatic heterocycles. The Kier molecular flexibility index (Phi) is 2.34. The van der Waals surface area contributed by atoms with Crippen molar-refractivity contribution in [3.8, 4) is 0 Å². The molecule has 7 heteroatoms. The Balaban J connectivity index is 2.89. The van der Waals surface area contributed by atoms with Crippen LogP contribution in [0.15, 0.2) is 0 Å². The van der Waals surface area contributed by atoms with Crippen LogP contribution in [-0.4, -0.2) is 10.2 Å². The van der Waals surface area contributed by atoms with E-state index in [1.807, 2.05) is 0 Å². The zero-order valence-electron chi connectivity index (χ0n) is 5.02. The van der Waals surface area contributed by atoms with E-state index in [4.69, 9.17) is 11.6 Å². The monoisotopic (exact) mass is 202 g/mol. The minimum Gasteiger partial charge on any atom is -0.164 e. The first-order valence-electron chi connectivity index (χ1n) is 2.49. The van der Waals surface area contributed by atoms with Crippen molar-refractivity contribution in [2.24, 2.45) is 0 Å². The van der Waals surface area contributed by atoms with Crippen molar-refractivity contribution in [2.45, 2.75) is 12.1 Å². The van der Waals surface area contributed by atoms with Gasteiger partial charge in [0.2, 0.25) is 5.01 Å². The Labute approximate surface area is 69.0 Å². The maximum atomic E-state index is 11.8. The van der Waals surface area contributed by atoms with Gasteiger partial charge in [-0.05, 0) is 0 Å². The van der Waals surface area contributed by atoms with E-state index < -0.39 is 11.2 Å². The van der Waals surface area contributed by atoms with Gasteiger partial charge in [0.15, 0.2) is 0 Å². The summed E-state index contributed by atoms with van der Waals surface area (Å²) in [6.45, 7) is 0. The Morgan fingerprint density at radius 1 is 1.36 bits per heavy atom. The van der Waals surface area contributed by atoms with Crippen LogP contribution >= 0.6 is 22.9 Å². The molecule has 0 fully saturated rings. The summed E-state index contributed by atoms with van der Waals surface area (Å²) >= 11 is 5.69. The highest BCUT2D eigenvalue weighted by atomic mass is 35.5. The summed E-state index contributed by atoms with van der Waals surface area (Å²) in [4.78, 5) is 0. The van der Waals surface area contributed by atoms with Crippen molar-refractivity contribution in [1.82, 2.24) is 10.2 Å². The quantitative estimate of drug-likeness (QED) is 0.653. The lowest BCUT2D eigenvalue weighted by Crippen LogP contribution is -2.03. The third kappa shape index (κ3) is 2.03. The maximum absolute atomic E-state index is 11.8. The molecule has 0 atom stereocenters. The van der Waals surface area contributed by atoms with Crippen molar-refractivity contribution < 1.29 is 13.2 Å². The van der Waals surface area contributed by atoms with Gasteiger partial charge in [0, 0.05) is 0 Å². The zero-order valence-corrected chi connectivity index (χ0v) is 6.59. The summed E-state index contributed by atoms with van der Waals surface area (Å²) in [5.41, 5.74) is 0. The first-order chi connectivity index (χ1) is 5.04. The number of rotatable bonds is 1. The smallest absolute Gasteiger partial charge is 0.164 e. The van der Waals surface area contributed by atoms with Gasteiger partial charge >= 0.3 is 6.18 Å². The Morgan fingerprint density at radius 2 is 2.00 bits per heavy atom. The number of alkyl halides is 4. The molecule has 0 bridgehead atoms. The second-order valence-electron chi connectivity index (χ2n) is 1.63. The van der Waals surface area contributed by atoms with Crippen LogP contribution in [0.2, 0.25) is 0 Å². The average molecular weight is 203 g/mol. The molecule has 0 aliphatic heterocycles. The van der Waals surface area contributed by atoms with Crippen LogP contribution in [0.3, 0.4) is 0 Å². The van der Waals surface area contributed by atoms with Gasteiger partial charge in [0.1, 0.15) is 5.01 Å². The minimum absolute atomic E-state index is 0.0340.